The number of aromatic nitrogens is 2. The second-order valence-electron chi connectivity index (χ2n) is 5.01. The predicted molar refractivity (Wildman–Crippen MR) is 64.1 cm³/mol. The van der Waals surface area contributed by atoms with Crippen molar-refractivity contribution in [3.05, 3.63) is 12.4 Å². The van der Waals surface area contributed by atoms with Crippen molar-refractivity contribution in [2.75, 3.05) is 26.7 Å². The Kier molecular flexibility index (Phi) is 3.01. The van der Waals surface area contributed by atoms with Crippen LogP contribution in [0.4, 0.5) is 0 Å². The van der Waals surface area contributed by atoms with Crippen molar-refractivity contribution in [3.8, 4) is 0 Å². The molecule has 1 aliphatic heterocycles. The molecule has 1 N–H and O–H groups in total. The van der Waals surface area contributed by atoms with E-state index in [0.717, 1.165) is 6.54 Å². The van der Waals surface area contributed by atoms with Gasteiger partial charge >= 0.3 is 0 Å². The molecule has 1 aromatic heterocycles. The van der Waals surface area contributed by atoms with Gasteiger partial charge in [0.2, 0.25) is 10.0 Å². The molecule has 0 aromatic carbocycles. The molecule has 1 saturated heterocycles. The molecule has 17 heavy (non-hydrogen) atoms. The van der Waals surface area contributed by atoms with Crippen LogP contribution >= 0.6 is 0 Å². The van der Waals surface area contributed by atoms with Crippen LogP contribution in [0.15, 0.2) is 17.3 Å². The van der Waals surface area contributed by atoms with E-state index < -0.39 is 10.0 Å². The van der Waals surface area contributed by atoms with Crippen molar-refractivity contribution in [1.82, 2.24) is 19.4 Å². The zero-order chi connectivity index (χ0) is 12.7. The minimum Gasteiger partial charge on any atom is -0.299 e. The topological polar surface area (TPSA) is 69.3 Å². The van der Waals surface area contributed by atoms with Crippen LogP contribution in [0.2, 0.25) is 0 Å². The number of aromatic amines is 1. The highest BCUT2D eigenvalue weighted by Crippen LogP contribution is 2.24. The number of hydrogen-bond donors (Lipinski definition) is 1. The fourth-order valence-corrected chi connectivity index (χ4v) is 3.42. The van der Waals surface area contributed by atoms with Crippen LogP contribution in [0.1, 0.15) is 13.8 Å². The SMILES string of the molecule is CN1CCN(S(=O)(=O)c2cn[nH]c2)CC1(C)C. The summed E-state index contributed by atoms with van der Waals surface area (Å²) < 4.78 is 26.1. The van der Waals surface area contributed by atoms with E-state index >= 15 is 0 Å². The van der Waals surface area contributed by atoms with E-state index in [1.807, 2.05) is 20.9 Å². The number of rotatable bonds is 2. The van der Waals surface area contributed by atoms with E-state index in [-0.39, 0.29) is 10.4 Å². The Morgan fingerprint density at radius 3 is 2.65 bits per heavy atom. The van der Waals surface area contributed by atoms with Gasteiger partial charge in [-0.05, 0) is 20.9 Å². The molecule has 0 saturated carbocycles. The molecule has 96 valence electrons. The zero-order valence-corrected chi connectivity index (χ0v) is 11.2. The third-order valence-electron chi connectivity index (χ3n) is 3.39. The highest BCUT2D eigenvalue weighted by atomic mass is 32.2. The molecule has 0 unspecified atom stereocenters. The molecule has 0 amide bonds. The van der Waals surface area contributed by atoms with Crippen molar-refractivity contribution >= 4 is 10.0 Å². The molecule has 1 fully saturated rings. The third kappa shape index (κ3) is 2.22. The first-order valence-electron chi connectivity index (χ1n) is 5.54. The molecular formula is C10H18N4O2S. The Morgan fingerprint density at radius 1 is 1.41 bits per heavy atom. The second-order valence-corrected chi connectivity index (χ2v) is 6.94. The Morgan fingerprint density at radius 2 is 2.12 bits per heavy atom. The van der Waals surface area contributed by atoms with Gasteiger partial charge in [0.15, 0.2) is 0 Å². The summed E-state index contributed by atoms with van der Waals surface area (Å²) in [4.78, 5) is 2.41. The minimum absolute atomic E-state index is 0.144. The van der Waals surface area contributed by atoms with Gasteiger partial charge in [-0.2, -0.15) is 9.40 Å². The molecule has 0 bridgehead atoms. The van der Waals surface area contributed by atoms with Gasteiger partial charge in [-0.3, -0.25) is 10.00 Å². The van der Waals surface area contributed by atoms with E-state index in [9.17, 15) is 8.42 Å². The van der Waals surface area contributed by atoms with Crippen LogP contribution in [0.5, 0.6) is 0 Å². The van der Waals surface area contributed by atoms with E-state index in [0.29, 0.717) is 13.1 Å². The van der Waals surface area contributed by atoms with Gasteiger partial charge in [0.05, 0.1) is 6.20 Å². The van der Waals surface area contributed by atoms with Crippen LogP contribution < -0.4 is 0 Å². The van der Waals surface area contributed by atoms with E-state index in [2.05, 4.69) is 15.1 Å². The highest BCUT2D eigenvalue weighted by molar-refractivity contribution is 7.89. The summed E-state index contributed by atoms with van der Waals surface area (Å²) in [7, 11) is -1.38. The summed E-state index contributed by atoms with van der Waals surface area (Å²) in [5.41, 5.74) is -0.144. The molecule has 0 atom stereocenters. The number of nitrogens with zero attached hydrogens (tertiary/aromatic N) is 3. The molecule has 1 aliphatic rings. The maximum atomic E-state index is 12.3. The van der Waals surface area contributed by atoms with Crippen molar-refractivity contribution in [1.29, 1.82) is 0 Å². The molecular weight excluding hydrogens is 240 g/mol. The Hall–Kier alpha value is -0.920. The molecule has 1 aromatic rings. The molecule has 0 radical (unpaired) electrons. The first-order chi connectivity index (χ1) is 7.84. The summed E-state index contributed by atoms with van der Waals surface area (Å²) in [5, 5.41) is 6.23. The lowest BCUT2D eigenvalue weighted by molar-refractivity contribution is 0.0801. The zero-order valence-electron chi connectivity index (χ0n) is 10.3. The van der Waals surface area contributed by atoms with E-state index in [1.165, 1.54) is 16.7 Å². The smallest absolute Gasteiger partial charge is 0.246 e. The average Bonchev–Trinajstić information content (AvgIpc) is 2.75. The molecule has 0 aliphatic carbocycles. The lowest BCUT2D eigenvalue weighted by atomic mass is 10.0. The van der Waals surface area contributed by atoms with Crippen molar-refractivity contribution < 1.29 is 8.42 Å². The van der Waals surface area contributed by atoms with Gasteiger partial charge in [-0.1, -0.05) is 0 Å². The van der Waals surface area contributed by atoms with Crippen LogP contribution in [0.25, 0.3) is 0 Å². The number of nitrogens with one attached hydrogen (secondary N) is 1. The largest absolute Gasteiger partial charge is 0.299 e. The summed E-state index contributed by atoms with van der Waals surface area (Å²) in [6, 6.07) is 0. The Labute approximate surface area is 102 Å². The number of piperazine rings is 1. The van der Waals surface area contributed by atoms with Crippen LogP contribution in [0.3, 0.4) is 0 Å². The normalized spacial score (nSPS) is 22.8. The number of likely N-dealkylation sites (N-methyl/N-ethyl adjacent to an activating group) is 1. The Bertz CT molecular complexity index is 480. The average molecular weight is 258 g/mol. The summed E-state index contributed by atoms with van der Waals surface area (Å²) in [6.07, 6.45) is 2.77. The van der Waals surface area contributed by atoms with Crippen LogP contribution in [0, 0.1) is 0 Å². The second kappa shape index (κ2) is 4.08. The van der Waals surface area contributed by atoms with Gasteiger partial charge in [-0.25, -0.2) is 8.42 Å². The Balaban J connectivity index is 2.25. The van der Waals surface area contributed by atoms with Gasteiger partial charge in [0.25, 0.3) is 0 Å². The molecule has 2 heterocycles. The van der Waals surface area contributed by atoms with Gasteiger partial charge < -0.3 is 0 Å². The van der Waals surface area contributed by atoms with Gasteiger partial charge in [-0.15, -0.1) is 0 Å². The van der Waals surface area contributed by atoms with Crippen molar-refractivity contribution in [2.45, 2.75) is 24.3 Å². The maximum absolute atomic E-state index is 12.3. The first-order valence-corrected chi connectivity index (χ1v) is 6.98. The molecule has 7 heteroatoms. The highest BCUT2D eigenvalue weighted by Gasteiger charge is 2.37. The quantitative estimate of drug-likeness (QED) is 0.818. The van der Waals surface area contributed by atoms with Gasteiger partial charge in [0, 0.05) is 31.4 Å². The number of hydrogen-bond acceptors (Lipinski definition) is 4. The first kappa shape index (κ1) is 12.5. The monoisotopic (exact) mass is 258 g/mol. The van der Waals surface area contributed by atoms with Crippen molar-refractivity contribution in [2.24, 2.45) is 0 Å². The summed E-state index contributed by atoms with van der Waals surface area (Å²) >= 11 is 0. The minimum atomic E-state index is -3.40. The lowest BCUT2D eigenvalue weighted by Crippen LogP contribution is -2.58. The van der Waals surface area contributed by atoms with Crippen LogP contribution in [-0.2, 0) is 10.0 Å². The third-order valence-corrected chi connectivity index (χ3v) is 5.20. The fourth-order valence-electron chi connectivity index (χ4n) is 1.93. The van der Waals surface area contributed by atoms with Crippen molar-refractivity contribution in [3.63, 3.8) is 0 Å². The predicted octanol–water partition coefficient (Wildman–Crippen LogP) is 0.124. The molecule has 2 rings (SSSR count). The standard InChI is InChI=1S/C10H18N4O2S/c1-10(2)8-14(5-4-13(10)3)17(15,16)9-6-11-12-7-9/h6-7H,4-5,8H2,1-3H3,(H,11,12). The fraction of sp³-hybridized carbons (Fsp3) is 0.700. The summed E-state index contributed by atoms with van der Waals surface area (Å²) in [5.74, 6) is 0. The molecule has 6 nitrogen and oxygen atoms in total. The number of sulfonamides is 1. The van der Waals surface area contributed by atoms with Crippen LogP contribution in [-0.4, -0.2) is 60.0 Å². The van der Waals surface area contributed by atoms with E-state index in [1.54, 1.807) is 0 Å². The van der Waals surface area contributed by atoms with Gasteiger partial charge in [0.1, 0.15) is 4.90 Å². The number of H-pyrrole nitrogens is 1. The molecule has 0 spiro atoms. The summed E-state index contributed by atoms with van der Waals surface area (Å²) in [6.45, 7) is 5.85. The lowest BCUT2D eigenvalue weighted by Gasteiger charge is -2.44. The van der Waals surface area contributed by atoms with E-state index in [4.69, 9.17) is 0 Å². The maximum Gasteiger partial charge on any atom is 0.246 e.